The molecule has 96 valence electrons. The molecule has 0 saturated heterocycles. The molecule has 0 spiro atoms. The maximum Gasteiger partial charge on any atom is 0.220 e. The van der Waals surface area contributed by atoms with Crippen LogP contribution in [0.25, 0.3) is 0 Å². The molecular formula is C13H27NO2. The van der Waals surface area contributed by atoms with Gasteiger partial charge in [0.05, 0.1) is 11.1 Å². The zero-order chi connectivity index (χ0) is 12.8. The average molecular weight is 229 g/mol. The number of nitrogens with one attached hydrogen (secondary N) is 1. The molecule has 0 bridgehead atoms. The molecule has 3 heteroatoms. The van der Waals surface area contributed by atoms with Gasteiger partial charge in [-0.05, 0) is 34.1 Å². The second-order valence-corrected chi connectivity index (χ2v) is 5.54. The first-order valence-corrected chi connectivity index (χ1v) is 6.24. The Labute approximate surface area is 99.6 Å². The monoisotopic (exact) mass is 229 g/mol. The van der Waals surface area contributed by atoms with Gasteiger partial charge in [-0.3, -0.25) is 4.79 Å². The van der Waals surface area contributed by atoms with Gasteiger partial charge in [-0.2, -0.15) is 0 Å². The van der Waals surface area contributed by atoms with Crippen LogP contribution in [0.2, 0.25) is 0 Å². The number of aliphatic hydroxyl groups is 1. The van der Waals surface area contributed by atoms with E-state index in [0.717, 1.165) is 12.8 Å². The van der Waals surface area contributed by atoms with E-state index in [-0.39, 0.29) is 5.91 Å². The predicted octanol–water partition coefficient (Wildman–Crippen LogP) is 2.62. The van der Waals surface area contributed by atoms with E-state index in [1.54, 1.807) is 13.8 Å². The Hall–Kier alpha value is -0.570. The quantitative estimate of drug-likeness (QED) is 0.659. The van der Waals surface area contributed by atoms with Crippen molar-refractivity contribution < 1.29 is 9.90 Å². The second-order valence-electron chi connectivity index (χ2n) is 5.54. The van der Waals surface area contributed by atoms with E-state index in [1.165, 1.54) is 12.8 Å². The molecule has 0 radical (unpaired) electrons. The molecule has 16 heavy (non-hydrogen) atoms. The Morgan fingerprint density at radius 3 is 2.12 bits per heavy atom. The highest BCUT2D eigenvalue weighted by molar-refractivity contribution is 5.76. The van der Waals surface area contributed by atoms with Gasteiger partial charge in [-0.25, -0.2) is 0 Å². The number of carbonyl (C=O) groups is 1. The van der Waals surface area contributed by atoms with Crippen LogP contribution in [0.5, 0.6) is 0 Å². The summed E-state index contributed by atoms with van der Waals surface area (Å²) in [4.78, 5) is 11.6. The van der Waals surface area contributed by atoms with Crippen molar-refractivity contribution >= 4 is 5.91 Å². The summed E-state index contributed by atoms with van der Waals surface area (Å²) in [7, 11) is 0. The standard InChI is InChI=1S/C13H27NO2/c1-6-7-8-9-10-11(15)14-12(2,3)13(4,5)16/h16H,6-10H2,1-5H3,(H,14,15). The van der Waals surface area contributed by atoms with E-state index in [0.29, 0.717) is 6.42 Å². The number of carbonyl (C=O) groups excluding carboxylic acids is 1. The summed E-state index contributed by atoms with van der Waals surface area (Å²) in [6.07, 6.45) is 4.95. The van der Waals surface area contributed by atoms with Crippen LogP contribution in [0.15, 0.2) is 0 Å². The Morgan fingerprint density at radius 1 is 1.12 bits per heavy atom. The van der Waals surface area contributed by atoms with Crippen molar-refractivity contribution in [3.8, 4) is 0 Å². The lowest BCUT2D eigenvalue weighted by atomic mass is 9.86. The molecular weight excluding hydrogens is 202 g/mol. The van der Waals surface area contributed by atoms with Crippen LogP contribution in [-0.2, 0) is 4.79 Å². The number of hydrogen-bond acceptors (Lipinski definition) is 2. The highest BCUT2D eigenvalue weighted by atomic mass is 16.3. The van der Waals surface area contributed by atoms with E-state index in [4.69, 9.17) is 0 Å². The highest BCUT2D eigenvalue weighted by Gasteiger charge is 2.35. The van der Waals surface area contributed by atoms with Gasteiger partial charge in [0.15, 0.2) is 0 Å². The smallest absolute Gasteiger partial charge is 0.220 e. The molecule has 0 fully saturated rings. The zero-order valence-electron chi connectivity index (χ0n) is 11.4. The normalized spacial score (nSPS) is 12.6. The van der Waals surface area contributed by atoms with Gasteiger partial charge in [0.25, 0.3) is 0 Å². The second kappa shape index (κ2) is 6.24. The third-order valence-electron chi connectivity index (χ3n) is 3.24. The first kappa shape index (κ1) is 15.4. The van der Waals surface area contributed by atoms with E-state index in [1.807, 2.05) is 13.8 Å². The Bertz CT molecular complexity index is 216. The summed E-state index contributed by atoms with van der Waals surface area (Å²) in [5, 5.41) is 12.8. The lowest BCUT2D eigenvalue weighted by molar-refractivity contribution is -0.126. The van der Waals surface area contributed by atoms with Crippen LogP contribution < -0.4 is 5.32 Å². The predicted molar refractivity (Wildman–Crippen MR) is 67.3 cm³/mol. The average Bonchev–Trinajstić information content (AvgIpc) is 2.10. The van der Waals surface area contributed by atoms with Crippen molar-refractivity contribution in [1.82, 2.24) is 5.32 Å². The lowest BCUT2D eigenvalue weighted by Crippen LogP contribution is -2.57. The number of amides is 1. The summed E-state index contributed by atoms with van der Waals surface area (Å²) in [6.45, 7) is 9.26. The molecule has 0 atom stereocenters. The summed E-state index contributed by atoms with van der Waals surface area (Å²) in [5.74, 6) is 0.0308. The van der Waals surface area contributed by atoms with E-state index >= 15 is 0 Å². The molecule has 0 rings (SSSR count). The summed E-state index contributed by atoms with van der Waals surface area (Å²) < 4.78 is 0. The first-order chi connectivity index (χ1) is 7.20. The number of rotatable bonds is 7. The molecule has 0 unspecified atom stereocenters. The van der Waals surface area contributed by atoms with Crippen molar-refractivity contribution in [2.24, 2.45) is 0 Å². The fourth-order valence-corrected chi connectivity index (χ4v) is 1.28. The fourth-order valence-electron chi connectivity index (χ4n) is 1.28. The van der Waals surface area contributed by atoms with Gasteiger partial charge in [0.1, 0.15) is 0 Å². The minimum Gasteiger partial charge on any atom is -0.388 e. The van der Waals surface area contributed by atoms with Crippen LogP contribution in [0, 0.1) is 0 Å². The van der Waals surface area contributed by atoms with Gasteiger partial charge >= 0.3 is 0 Å². The van der Waals surface area contributed by atoms with Crippen molar-refractivity contribution in [1.29, 1.82) is 0 Å². The summed E-state index contributed by atoms with van der Waals surface area (Å²) in [6, 6.07) is 0. The third kappa shape index (κ3) is 5.50. The van der Waals surface area contributed by atoms with Crippen LogP contribution >= 0.6 is 0 Å². The van der Waals surface area contributed by atoms with Gasteiger partial charge < -0.3 is 10.4 Å². The van der Waals surface area contributed by atoms with E-state index < -0.39 is 11.1 Å². The molecule has 0 aromatic heterocycles. The molecule has 0 aliphatic rings. The van der Waals surface area contributed by atoms with Crippen LogP contribution in [-0.4, -0.2) is 22.2 Å². The molecule has 0 saturated carbocycles. The molecule has 0 aromatic rings. The van der Waals surface area contributed by atoms with E-state index in [9.17, 15) is 9.90 Å². The minimum absolute atomic E-state index is 0.0308. The van der Waals surface area contributed by atoms with Crippen LogP contribution in [0.3, 0.4) is 0 Å². The molecule has 0 aliphatic heterocycles. The first-order valence-electron chi connectivity index (χ1n) is 6.24. The van der Waals surface area contributed by atoms with E-state index in [2.05, 4.69) is 12.2 Å². The van der Waals surface area contributed by atoms with Crippen molar-refractivity contribution in [3.05, 3.63) is 0 Å². The van der Waals surface area contributed by atoms with Gasteiger partial charge in [-0.15, -0.1) is 0 Å². The molecule has 0 aliphatic carbocycles. The Kier molecular flexibility index (Phi) is 6.01. The summed E-state index contributed by atoms with van der Waals surface area (Å²) in [5.41, 5.74) is -1.50. The topological polar surface area (TPSA) is 49.3 Å². The van der Waals surface area contributed by atoms with Gasteiger partial charge in [0.2, 0.25) is 5.91 Å². The largest absolute Gasteiger partial charge is 0.388 e. The maximum atomic E-state index is 11.6. The van der Waals surface area contributed by atoms with Gasteiger partial charge in [0, 0.05) is 6.42 Å². The van der Waals surface area contributed by atoms with Crippen molar-refractivity contribution in [3.63, 3.8) is 0 Å². The number of hydrogen-bond donors (Lipinski definition) is 2. The lowest BCUT2D eigenvalue weighted by Gasteiger charge is -2.38. The molecule has 1 amide bonds. The minimum atomic E-state index is -0.911. The summed E-state index contributed by atoms with van der Waals surface area (Å²) >= 11 is 0. The van der Waals surface area contributed by atoms with Gasteiger partial charge in [-0.1, -0.05) is 26.2 Å². The Balaban J connectivity index is 3.96. The van der Waals surface area contributed by atoms with Crippen LogP contribution in [0.1, 0.15) is 66.7 Å². The highest BCUT2D eigenvalue weighted by Crippen LogP contribution is 2.20. The molecule has 0 aromatic carbocycles. The molecule has 3 nitrogen and oxygen atoms in total. The Morgan fingerprint density at radius 2 is 1.69 bits per heavy atom. The van der Waals surface area contributed by atoms with Crippen molar-refractivity contribution in [2.45, 2.75) is 77.9 Å². The van der Waals surface area contributed by atoms with Crippen molar-refractivity contribution in [2.75, 3.05) is 0 Å². The maximum absolute atomic E-state index is 11.6. The molecule has 0 heterocycles. The fraction of sp³-hybridized carbons (Fsp3) is 0.923. The van der Waals surface area contributed by atoms with Crippen LogP contribution in [0.4, 0.5) is 0 Å². The SMILES string of the molecule is CCCCCCC(=O)NC(C)(C)C(C)(C)O. The third-order valence-corrected chi connectivity index (χ3v) is 3.24. The molecule has 2 N–H and O–H groups in total. The number of unbranched alkanes of at least 4 members (excludes halogenated alkanes) is 3. The zero-order valence-corrected chi connectivity index (χ0v) is 11.4.